The van der Waals surface area contributed by atoms with E-state index < -0.39 is 0 Å². The molecule has 0 aliphatic rings. The Bertz CT molecular complexity index is 870. The molecule has 0 aliphatic carbocycles. The van der Waals surface area contributed by atoms with Crippen molar-refractivity contribution < 1.29 is 4.79 Å². The van der Waals surface area contributed by atoms with Crippen LogP contribution in [-0.2, 0) is 11.3 Å². The number of aromatic nitrogens is 3. The summed E-state index contributed by atoms with van der Waals surface area (Å²) in [6.07, 6.45) is 0. The summed E-state index contributed by atoms with van der Waals surface area (Å²) >= 11 is 13.2. The van der Waals surface area contributed by atoms with E-state index in [1.165, 1.54) is 11.8 Å². The number of carbonyl (C=O) groups excluding carboxylic acids is 1. The molecule has 2 aromatic carbocycles. The first-order chi connectivity index (χ1) is 12.1. The van der Waals surface area contributed by atoms with Gasteiger partial charge in [0.1, 0.15) is 0 Å². The van der Waals surface area contributed by atoms with Gasteiger partial charge in [-0.3, -0.25) is 9.89 Å². The van der Waals surface area contributed by atoms with Crippen LogP contribution in [0.3, 0.4) is 0 Å². The molecule has 0 saturated heterocycles. The van der Waals surface area contributed by atoms with Gasteiger partial charge in [0.2, 0.25) is 11.1 Å². The zero-order valence-electron chi connectivity index (χ0n) is 13.0. The quantitative estimate of drug-likeness (QED) is 0.617. The van der Waals surface area contributed by atoms with Crippen molar-refractivity contribution in [3.63, 3.8) is 0 Å². The van der Waals surface area contributed by atoms with Crippen LogP contribution < -0.4 is 5.32 Å². The predicted molar refractivity (Wildman–Crippen MR) is 101 cm³/mol. The molecular weight excluding hydrogens is 379 g/mol. The molecule has 5 nitrogen and oxygen atoms in total. The lowest BCUT2D eigenvalue weighted by atomic mass is 10.2. The van der Waals surface area contributed by atoms with E-state index in [-0.39, 0.29) is 11.7 Å². The van der Waals surface area contributed by atoms with Crippen molar-refractivity contribution >= 4 is 40.9 Å². The van der Waals surface area contributed by atoms with Crippen LogP contribution in [0.5, 0.6) is 0 Å². The minimum Gasteiger partial charge on any atom is -0.351 e. The smallest absolute Gasteiger partial charge is 0.230 e. The molecule has 1 aromatic heterocycles. The molecule has 0 bridgehead atoms. The molecule has 0 fully saturated rings. The third-order valence-corrected chi connectivity index (χ3v) is 4.77. The van der Waals surface area contributed by atoms with Crippen LogP contribution >= 0.6 is 35.0 Å². The second kappa shape index (κ2) is 8.38. The first-order valence-electron chi connectivity index (χ1n) is 7.43. The number of amides is 1. The molecule has 25 heavy (non-hydrogen) atoms. The molecule has 128 valence electrons. The van der Waals surface area contributed by atoms with E-state index in [1.807, 2.05) is 30.3 Å². The summed E-state index contributed by atoms with van der Waals surface area (Å²) in [5.41, 5.74) is 1.76. The minimum atomic E-state index is -0.123. The Kier molecular flexibility index (Phi) is 5.96. The SMILES string of the molecule is O=C(CSc1n[nH]c(-c2ccccc2)n1)NCc1ccc(Cl)cc1Cl. The van der Waals surface area contributed by atoms with Crippen LogP contribution in [0.25, 0.3) is 11.4 Å². The number of halogens is 2. The van der Waals surface area contributed by atoms with Crippen molar-refractivity contribution in [2.24, 2.45) is 0 Å². The van der Waals surface area contributed by atoms with Gasteiger partial charge in [0.05, 0.1) is 5.75 Å². The highest BCUT2D eigenvalue weighted by Crippen LogP contribution is 2.21. The summed E-state index contributed by atoms with van der Waals surface area (Å²) in [5.74, 6) is 0.774. The molecular formula is C17H14Cl2N4OS. The Morgan fingerprint density at radius 3 is 2.72 bits per heavy atom. The molecule has 1 amide bonds. The lowest BCUT2D eigenvalue weighted by Gasteiger charge is -2.06. The van der Waals surface area contributed by atoms with Gasteiger partial charge in [0, 0.05) is 22.2 Å². The van der Waals surface area contributed by atoms with E-state index in [2.05, 4.69) is 20.5 Å². The van der Waals surface area contributed by atoms with Crippen molar-refractivity contribution in [1.29, 1.82) is 0 Å². The molecule has 8 heteroatoms. The first-order valence-corrected chi connectivity index (χ1v) is 9.17. The maximum atomic E-state index is 12.0. The second-order valence-electron chi connectivity index (χ2n) is 5.13. The highest BCUT2D eigenvalue weighted by Gasteiger charge is 2.09. The lowest BCUT2D eigenvalue weighted by Crippen LogP contribution is -2.24. The van der Waals surface area contributed by atoms with Gasteiger partial charge in [-0.15, -0.1) is 5.10 Å². The van der Waals surface area contributed by atoms with E-state index in [4.69, 9.17) is 23.2 Å². The Labute approximate surface area is 159 Å². The summed E-state index contributed by atoms with van der Waals surface area (Å²) in [7, 11) is 0. The average molecular weight is 393 g/mol. The highest BCUT2D eigenvalue weighted by molar-refractivity contribution is 7.99. The van der Waals surface area contributed by atoms with Crippen molar-refractivity contribution in [1.82, 2.24) is 20.5 Å². The van der Waals surface area contributed by atoms with Crippen molar-refractivity contribution in [2.45, 2.75) is 11.7 Å². The number of nitrogens with zero attached hydrogens (tertiary/aromatic N) is 2. The largest absolute Gasteiger partial charge is 0.351 e. The Balaban J connectivity index is 1.50. The molecule has 2 N–H and O–H groups in total. The van der Waals surface area contributed by atoms with Gasteiger partial charge in [-0.2, -0.15) is 0 Å². The number of benzene rings is 2. The number of nitrogens with one attached hydrogen (secondary N) is 2. The van der Waals surface area contributed by atoms with Crippen LogP contribution in [0.1, 0.15) is 5.56 Å². The third-order valence-electron chi connectivity index (χ3n) is 3.34. The van der Waals surface area contributed by atoms with Gasteiger partial charge in [-0.1, -0.05) is 71.4 Å². The van der Waals surface area contributed by atoms with E-state index >= 15 is 0 Å². The number of rotatable bonds is 6. The summed E-state index contributed by atoms with van der Waals surface area (Å²) in [6, 6.07) is 14.9. The van der Waals surface area contributed by atoms with E-state index in [0.717, 1.165) is 11.1 Å². The monoisotopic (exact) mass is 392 g/mol. The van der Waals surface area contributed by atoms with Gasteiger partial charge in [-0.25, -0.2) is 4.98 Å². The van der Waals surface area contributed by atoms with E-state index in [1.54, 1.807) is 18.2 Å². The molecule has 3 aromatic rings. The fourth-order valence-corrected chi connectivity index (χ4v) is 3.18. The fraction of sp³-hybridized carbons (Fsp3) is 0.118. The summed E-state index contributed by atoms with van der Waals surface area (Å²) in [5, 5.41) is 11.4. The van der Waals surface area contributed by atoms with Gasteiger partial charge in [0.25, 0.3) is 0 Å². The van der Waals surface area contributed by atoms with Crippen LogP contribution in [0.2, 0.25) is 10.0 Å². The highest BCUT2D eigenvalue weighted by atomic mass is 35.5. The summed E-state index contributed by atoms with van der Waals surface area (Å²) < 4.78 is 0. The predicted octanol–water partition coefficient (Wildman–Crippen LogP) is 4.19. The molecule has 0 saturated carbocycles. The molecule has 3 rings (SSSR count). The molecule has 0 unspecified atom stereocenters. The van der Waals surface area contributed by atoms with Gasteiger partial charge in [-0.05, 0) is 17.7 Å². The average Bonchev–Trinajstić information content (AvgIpc) is 3.09. The van der Waals surface area contributed by atoms with E-state index in [0.29, 0.717) is 27.6 Å². The number of hydrogen-bond acceptors (Lipinski definition) is 4. The fourth-order valence-electron chi connectivity index (χ4n) is 2.08. The maximum Gasteiger partial charge on any atom is 0.230 e. The number of thioether (sulfide) groups is 1. The van der Waals surface area contributed by atoms with Crippen molar-refractivity contribution in [3.05, 3.63) is 64.1 Å². The number of H-pyrrole nitrogens is 1. The Hall–Kier alpha value is -2.02. The Morgan fingerprint density at radius 2 is 1.96 bits per heavy atom. The van der Waals surface area contributed by atoms with Gasteiger partial charge in [0.15, 0.2) is 5.82 Å². The minimum absolute atomic E-state index is 0.123. The second-order valence-corrected chi connectivity index (χ2v) is 6.92. The molecule has 0 atom stereocenters. The molecule has 1 heterocycles. The topological polar surface area (TPSA) is 70.7 Å². The molecule has 0 radical (unpaired) electrons. The molecule has 0 spiro atoms. The lowest BCUT2D eigenvalue weighted by molar-refractivity contribution is -0.118. The van der Waals surface area contributed by atoms with Crippen LogP contribution in [0.15, 0.2) is 53.7 Å². The first kappa shape index (κ1) is 17.8. The van der Waals surface area contributed by atoms with Crippen LogP contribution in [-0.4, -0.2) is 26.8 Å². The van der Waals surface area contributed by atoms with E-state index in [9.17, 15) is 4.79 Å². The number of carbonyl (C=O) groups is 1. The van der Waals surface area contributed by atoms with Crippen molar-refractivity contribution in [2.75, 3.05) is 5.75 Å². The van der Waals surface area contributed by atoms with Gasteiger partial charge >= 0.3 is 0 Å². The summed E-state index contributed by atoms with van der Waals surface area (Å²) in [4.78, 5) is 16.4. The van der Waals surface area contributed by atoms with Gasteiger partial charge < -0.3 is 5.32 Å². The van der Waals surface area contributed by atoms with Crippen LogP contribution in [0.4, 0.5) is 0 Å². The maximum absolute atomic E-state index is 12.0. The zero-order chi connectivity index (χ0) is 17.6. The van der Waals surface area contributed by atoms with Crippen molar-refractivity contribution in [3.8, 4) is 11.4 Å². The van der Waals surface area contributed by atoms with Crippen LogP contribution in [0, 0.1) is 0 Å². The standard InChI is InChI=1S/C17H14Cl2N4OS/c18-13-7-6-12(14(19)8-13)9-20-15(24)10-25-17-21-16(22-23-17)11-4-2-1-3-5-11/h1-8H,9-10H2,(H,20,24)(H,21,22,23). The summed E-state index contributed by atoms with van der Waals surface area (Å²) in [6.45, 7) is 0.346. The zero-order valence-corrected chi connectivity index (χ0v) is 15.3. The third kappa shape index (κ3) is 4.98. The number of aromatic amines is 1. The number of hydrogen-bond donors (Lipinski definition) is 2. The molecule has 0 aliphatic heterocycles. The normalized spacial score (nSPS) is 10.6. The Morgan fingerprint density at radius 1 is 1.16 bits per heavy atom.